The Bertz CT molecular complexity index is 1160. The fraction of sp³-hybridized carbons (Fsp3) is 0.381. The third-order valence-electron chi connectivity index (χ3n) is 6.02. The molecule has 4 rings (SSSR count). The fourth-order valence-corrected chi connectivity index (χ4v) is 5.86. The van der Waals surface area contributed by atoms with Crippen molar-refractivity contribution in [2.45, 2.75) is 43.4 Å². The first-order valence-electron chi connectivity index (χ1n) is 9.68. The van der Waals surface area contributed by atoms with Crippen LogP contribution in [0.1, 0.15) is 48.3 Å². The van der Waals surface area contributed by atoms with Crippen LogP contribution in [0.25, 0.3) is 0 Å². The van der Waals surface area contributed by atoms with E-state index in [0.717, 1.165) is 24.0 Å². The fourth-order valence-electron chi connectivity index (χ4n) is 4.03. The molecule has 1 aromatic carbocycles. The van der Waals surface area contributed by atoms with Crippen LogP contribution in [0.5, 0.6) is 0 Å². The number of carbonyl (C=O) groups is 1. The number of benzene rings is 1. The van der Waals surface area contributed by atoms with Gasteiger partial charge < -0.3 is 11.1 Å². The first-order chi connectivity index (χ1) is 14.0. The van der Waals surface area contributed by atoms with Crippen LogP contribution < -0.4 is 11.1 Å². The van der Waals surface area contributed by atoms with Gasteiger partial charge in [0, 0.05) is 11.9 Å². The summed E-state index contributed by atoms with van der Waals surface area (Å²) in [5, 5.41) is 3.27. The number of carbonyl (C=O) groups excluding carboxylic acids is 1. The second kappa shape index (κ2) is 7.06. The summed E-state index contributed by atoms with van der Waals surface area (Å²) in [6.07, 6.45) is 3.64. The van der Waals surface area contributed by atoms with E-state index >= 15 is 0 Å². The SMILES string of the molecule is CC1(C)C(N)=N[C@@]2(CCCc3ccc(NC(=O)c4ccc(Cl)cn4)cc32)CS1(=O)=O. The summed E-state index contributed by atoms with van der Waals surface area (Å²) in [5.74, 6) is -0.352. The Kier molecular flexibility index (Phi) is 4.90. The van der Waals surface area contributed by atoms with Gasteiger partial charge in [-0.3, -0.25) is 9.79 Å². The lowest BCUT2D eigenvalue weighted by Gasteiger charge is -2.43. The predicted molar refractivity (Wildman–Crippen MR) is 118 cm³/mol. The lowest BCUT2D eigenvalue weighted by Crippen LogP contribution is -2.56. The Morgan fingerprint density at radius 1 is 1.23 bits per heavy atom. The molecule has 158 valence electrons. The van der Waals surface area contributed by atoms with Crippen molar-refractivity contribution in [2.75, 3.05) is 11.1 Å². The summed E-state index contributed by atoms with van der Waals surface area (Å²) >= 11 is 5.83. The third kappa shape index (κ3) is 3.37. The lowest BCUT2D eigenvalue weighted by atomic mass is 9.77. The number of halogens is 1. The van der Waals surface area contributed by atoms with Gasteiger partial charge in [0.1, 0.15) is 21.8 Å². The smallest absolute Gasteiger partial charge is 0.274 e. The number of aryl methyl sites for hydroxylation is 1. The number of aliphatic imine (C=N–C) groups is 1. The Hall–Kier alpha value is -2.45. The number of anilines is 1. The molecule has 1 atom stereocenters. The van der Waals surface area contributed by atoms with E-state index < -0.39 is 20.1 Å². The Balaban J connectivity index is 1.73. The standard InChI is InChI=1S/C21H23ClN4O3S/c1-20(2)19(23)26-21(12-30(20,28)29)9-3-4-13-5-7-15(10-16(13)21)25-18(27)17-8-6-14(22)11-24-17/h5-8,10-11H,3-4,9,12H2,1-2H3,(H2,23,26)(H,25,27)/t21-/m0/s1. The van der Waals surface area contributed by atoms with E-state index in [1.807, 2.05) is 12.1 Å². The molecule has 9 heteroatoms. The minimum atomic E-state index is -3.51. The predicted octanol–water partition coefficient (Wildman–Crippen LogP) is 3.08. The van der Waals surface area contributed by atoms with E-state index in [9.17, 15) is 13.2 Å². The zero-order chi connectivity index (χ0) is 21.7. The van der Waals surface area contributed by atoms with Gasteiger partial charge in [-0.2, -0.15) is 0 Å². The lowest BCUT2D eigenvalue weighted by molar-refractivity contribution is 0.102. The molecule has 1 amide bonds. The van der Waals surface area contributed by atoms with Crippen molar-refractivity contribution < 1.29 is 13.2 Å². The molecule has 2 aromatic rings. The summed E-state index contributed by atoms with van der Waals surface area (Å²) in [6, 6.07) is 8.67. The second-order valence-electron chi connectivity index (χ2n) is 8.34. The van der Waals surface area contributed by atoms with Crippen LogP contribution in [0, 0.1) is 0 Å². The molecule has 0 unspecified atom stereocenters. The molecule has 0 bridgehead atoms. The van der Waals surface area contributed by atoms with Gasteiger partial charge in [0.05, 0.1) is 10.8 Å². The normalized spacial score (nSPS) is 24.0. The molecule has 1 spiro atoms. The van der Waals surface area contributed by atoms with Crippen molar-refractivity contribution in [1.82, 2.24) is 4.98 Å². The van der Waals surface area contributed by atoms with Gasteiger partial charge in [0.25, 0.3) is 5.91 Å². The molecule has 0 saturated heterocycles. The number of rotatable bonds is 2. The van der Waals surface area contributed by atoms with Gasteiger partial charge >= 0.3 is 0 Å². The molecule has 3 N–H and O–H groups in total. The highest BCUT2D eigenvalue weighted by Crippen LogP contribution is 2.45. The van der Waals surface area contributed by atoms with E-state index in [1.54, 1.807) is 32.0 Å². The number of nitrogens with one attached hydrogen (secondary N) is 1. The molecule has 1 aliphatic carbocycles. The zero-order valence-corrected chi connectivity index (χ0v) is 18.3. The minimum absolute atomic E-state index is 0.100. The third-order valence-corrected chi connectivity index (χ3v) is 8.87. The van der Waals surface area contributed by atoms with Crippen LogP contribution in [0.2, 0.25) is 5.02 Å². The maximum Gasteiger partial charge on any atom is 0.274 e. The number of pyridine rings is 1. The molecule has 2 aliphatic rings. The Morgan fingerprint density at radius 3 is 2.67 bits per heavy atom. The van der Waals surface area contributed by atoms with Crippen LogP contribution in [0.3, 0.4) is 0 Å². The summed E-state index contributed by atoms with van der Waals surface area (Å²) < 4.78 is 24.9. The van der Waals surface area contributed by atoms with Crippen molar-refractivity contribution >= 4 is 38.9 Å². The van der Waals surface area contributed by atoms with Crippen LogP contribution >= 0.6 is 11.6 Å². The number of amidine groups is 1. The van der Waals surface area contributed by atoms with Crippen molar-refractivity contribution in [3.8, 4) is 0 Å². The first-order valence-corrected chi connectivity index (χ1v) is 11.7. The zero-order valence-electron chi connectivity index (χ0n) is 16.8. The van der Waals surface area contributed by atoms with Crippen molar-refractivity contribution in [3.63, 3.8) is 0 Å². The maximum absolute atomic E-state index is 13.0. The molecule has 30 heavy (non-hydrogen) atoms. The second-order valence-corrected chi connectivity index (χ2v) is 11.3. The summed E-state index contributed by atoms with van der Waals surface area (Å²) in [4.78, 5) is 21.3. The van der Waals surface area contributed by atoms with Gasteiger partial charge in [-0.1, -0.05) is 17.7 Å². The van der Waals surface area contributed by atoms with Gasteiger partial charge in [-0.05, 0) is 68.5 Å². The Labute approximate surface area is 180 Å². The highest BCUT2D eigenvalue weighted by atomic mass is 35.5. The number of aromatic nitrogens is 1. The molecule has 2 heterocycles. The van der Waals surface area contributed by atoms with Crippen molar-refractivity contribution in [2.24, 2.45) is 10.7 Å². The molecule has 1 aromatic heterocycles. The number of nitrogens with two attached hydrogens (primary N) is 1. The average Bonchev–Trinajstić information content (AvgIpc) is 2.67. The van der Waals surface area contributed by atoms with E-state index in [4.69, 9.17) is 22.3 Å². The number of hydrogen-bond acceptors (Lipinski definition) is 6. The minimum Gasteiger partial charge on any atom is -0.386 e. The van der Waals surface area contributed by atoms with Crippen LogP contribution in [-0.4, -0.2) is 35.6 Å². The van der Waals surface area contributed by atoms with Gasteiger partial charge in [-0.25, -0.2) is 13.4 Å². The van der Waals surface area contributed by atoms with Crippen LogP contribution in [0.4, 0.5) is 5.69 Å². The number of hydrogen-bond donors (Lipinski definition) is 2. The van der Waals surface area contributed by atoms with Gasteiger partial charge in [0.2, 0.25) is 0 Å². The molecule has 7 nitrogen and oxygen atoms in total. The average molecular weight is 447 g/mol. The monoisotopic (exact) mass is 446 g/mol. The van der Waals surface area contributed by atoms with Crippen LogP contribution in [-0.2, 0) is 21.8 Å². The van der Waals surface area contributed by atoms with E-state index in [2.05, 4.69) is 10.3 Å². The number of amides is 1. The van der Waals surface area contributed by atoms with E-state index in [1.165, 1.54) is 6.20 Å². The summed E-state index contributed by atoms with van der Waals surface area (Å²) in [5.41, 5.74) is 7.82. The first kappa shape index (κ1) is 20.8. The molecular weight excluding hydrogens is 424 g/mol. The highest BCUT2D eigenvalue weighted by Gasteiger charge is 2.51. The quantitative estimate of drug-likeness (QED) is 0.735. The van der Waals surface area contributed by atoms with E-state index in [0.29, 0.717) is 17.1 Å². The van der Waals surface area contributed by atoms with Crippen LogP contribution in [0.15, 0.2) is 41.5 Å². The molecule has 0 saturated carbocycles. The molecule has 1 aliphatic heterocycles. The largest absolute Gasteiger partial charge is 0.386 e. The molecule has 0 fully saturated rings. The number of nitrogens with zero attached hydrogens (tertiary/aromatic N) is 2. The van der Waals surface area contributed by atoms with Gasteiger partial charge in [0.15, 0.2) is 9.84 Å². The topological polar surface area (TPSA) is 115 Å². The molecule has 0 radical (unpaired) electrons. The molecular formula is C21H23ClN4O3S. The summed E-state index contributed by atoms with van der Waals surface area (Å²) in [6.45, 7) is 3.18. The van der Waals surface area contributed by atoms with Crippen molar-refractivity contribution in [3.05, 3.63) is 58.4 Å². The highest BCUT2D eigenvalue weighted by molar-refractivity contribution is 7.93. The maximum atomic E-state index is 13.0. The van der Waals surface area contributed by atoms with Crippen molar-refractivity contribution in [1.29, 1.82) is 0 Å². The van der Waals surface area contributed by atoms with E-state index in [-0.39, 0.29) is 23.2 Å². The number of sulfone groups is 1. The van der Waals surface area contributed by atoms with Gasteiger partial charge in [-0.15, -0.1) is 0 Å². The number of fused-ring (bicyclic) bond motifs is 2. The summed E-state index contributed by atoms with van der Waals surface area (Å²) in [7, 11) is -3.51. The Morgan fingerprint density at radius 2 is 2.00 bits per heavy atom.